The van der Waals surface area contributed by atoms with Crippen molar-refractivity contribution in [2.24, 2.45) is 0 Å². The molecule has 110 valence electrons. The molecule has 21 heavy (non-hydrogen) atoms. The predicted molar refractivity (Wildman–Crippen MR) is 83.4 cm³/mol. The van der Waals surface area contributed by atoms with E-state index in [9.17, 15) is 4.39 Å². The summed E-state index contributed by atoms with van der Waals surface area (Å²) in [6.45, 7) is 4.86. The van der Waals surface area contributed by atoms with E-state index in [2.05, 4.69) is 30.4 Å². The molecule has 2 nitrogen and oxygen atoms in total. The first-order chi connectivity index (χ1) is 10.2. The molecule has 1 aliphatic heterocycles. The molecule has 0 bridgehead atoms. The van der Waals surface area contributed by atoms with Crippen molar-refractivity contribution in [1.29, 1.82) is 0 Å². The molecule has 1 aliphatic rings. The third-order valence-electron chi connectivity index (χ3n) is 4.04. The summed E-state index contributed by atoms with van der Waals surface area (Å²) in [6, 6.07) is 11.5. The molecule has 0 saturated heterocycles. The van der Waals surface area contributed by atoms with Gasteiger partial charge in [0.1, 0.15) is 11.6 Å². The second kappa shape index (κ2) is 5.76. The van der Waals surface area contributed by atoms with Gasteiger partial charge in [0.25, 0.3) is 0 Å². The van der Waals surface area contributed by atoms with Gasteiger partial charge in [-0.15, -0.1) is 0 Å². The number of hydrogen-bond acceptors (Lipinski definition) is 2. The van der Waals surface area contributed by atoms with E-state index in [-0.39, 0.29) is 11.9 Å². The molecule has 1 heterocycles. The fourth-order valence-electron chi connectivity index (χ4n) is 2.82. The topological polar surface area (TPSA) is 21.3 Å². The molecule has 0 amide bonds. The van der Waals surface area contributed by atoms with E-state index >= 15 is 0 Å². The Morgan fingerprint density at radius 2 is 2.10 bits per heavy atom. The molecule has 0 radical (unpaired) electrons. The van der Waals surface area contributed by atoms with Crippen LogP contribution in [0.1, 0.15) is 36.1 Å². The highest BCUT2D eigenvalue weighted by molar-refractivity contribution is 5.53. The summed E-state index contributed by atoms with van der Waals surface area (Å²) in [5.41, 5.74) is 4.45. The van der Waals surface area contributed by atoms with Crippen molar-refractivity contribution in [3.05, 3.63) is 58.9 Å². The molecule has 1 unspecified atom stereocenters. The average molecular weight is 285 g/mol. The summed E-state index contributed by atoms with van der Waals surface area (Å²) in [5, 5.41) is 3.52. The number of aryl methyl sites for hydroxylation is 1. The Kier molecular flexibility index (Phi) is 3.82. The number of benzene rings is 2. The summed E-state index contributed by atoms with van der Waals surface area (Å²) in [4.78, 5) is 0. The fraction of sp³-hybridized carbons (Fsp3) is 0.333. The van der Waals surface area contributed by atoms with Crippen molar-refractivity contribution in [2.75, 3.05) is 11.9 Å². The zero-order valence-electron chi connectivity index (χ0n) is 12.4. The van der Waals surface area contributed by atoms with Crippen LogP contribution in [0.15, 0.2) is 36.4 Å². The lowest BCUT2D eigenvalue weighted by Gasteiger charge is -2.21. The van der Waals surface area contributed by atoms with Gasteiger partial charge in [-0.1, -0.05) is 13.0 Å². The van der Waals surface area contributed by atoms with Crippen LogP contribution in [0.25, 0.3) is 0 Å². The van der Waals surface area contributed by atoms with Crippen molar-refractivity contribution in [2.45, 2.75) is 32.7 Å². The predicted octanol–water partition coefficient (Wildman–Crippen LogP) is 4.63. The Morgan fingerprint density at radius 3 is 2.86 bits per heavy atom. The van der Waals surface area contributed by atoms with Crippen molar-refractivity contribution < 1.29 is 9.13 Å². The van der Waals surface area contributed by atoms with E-state index in [1.165, 1.54) is 17.2 Å². The number of halogens is 1. The van der Waals surface area contributed by atoms with Gasteiger partial charge >= 0.3 is 0 Å². The lowest BCUT2D eigenvalue weighted by Crippen LogP contribution is -2.11. The van der Waals surface area contributed by atoms with Crippen molar-refractivity contribution in [3.8, 4) is 5.75 Å². The van der Waals surface area contributed by atoms with Gasteiger partial charge in [-0.25, -0.2) is 4.39 Å². The summed E-state index contributed by atoms with van der Waals surface area (Å²) >= 11 is 0. The molecule has 0 aromatic heterocycles. The second-order valence-corrected chi connectivity index (χ2v) is 5.53. The molecular weight excluding hydrogens is 265 g/mol. The molecule has 3 heteroatoms. The van der Waals surface area contributed by atoms with Crippen molar-refractivity contribution >= 4 is 5.69 Å². The van der Waals surface area contributed by atoms with Crippen LogP contribution in [-0.4, -0.2) is 6.61 Å². The quantitative estimate of drug-likeness (QED) is 0.884. The number of ether oxygens (including phenoxy) is 1. The maximum absolute atomic E-state index is 13.2. The smallest absolute Gasteiger partial charge is 0.123 e. The van der Waals surface area contributed by atoms with Gasteiger partial charge < -0.3 is 10.1 Å². The van der Waals surface area contributed by atoms with E-state index < -0.39 is 0 Å². The van der Waals surface area contributed by atoms with Gasteiger partial charge in [-0.3, -0.25) is 0 Å². The maximum Gasteiger partial charge on any atom is 0.123 e. The highest BCUT2D eigenvalue weighted by Crippen LogP contribution is 2.31. The average Bonchev–Trinajstić information content (AvgIpc) is 2.94. The van der Waals surface area contributed by atoms with Crippen molar-refractivity contribution in [3.63, 3.8) is 0 Å². The Balaban J connectivity index is 1.85. The minimum absolute atomic E-state index is 0.194. The Hall–Kier alpha value is -2.03. The van der Waals surface area contributed by atoms with E-state index in [0.29, 0.717) is 0 Å². The first-order valence-corrected chi connectivity index (χ1v) is 7.45. The van der Waals surface area contributed by atoms with Gasteiger partial charge in [0, 0.05) is 12.1 Å². The van der Waals surface area contributed by atoms with E-state index in [0.717, 1.165) is 36.4 Å². The second-order valence-electron chi connectivity index (χ2n) is 5.53. The molecule has 0 spiro atoms. The van der Waals surface area contributed by atoms with Gasteiger partial charge in [0.2, 0.25) is 0 Å². The number of nitrogens with one attached hydrogen (secondary N) is 1. The van der Waals surface area contributed by atoms with Crippen LogP contribution >= 0.6 is 0 Å². The van der Waals surface area contributed by atoms with Gasteiger partial charge in [0.05, 0.1) is 12.6 Å². The summed E-state index contributed by atoms with van der Waals surface area (Å²) < 4.78 is 18.8. The van der Waals surface area contributed by atoms with Crippen LogP contribution in [-0.2, 0) is 6.42 Å². The summed E-state index contributed by atoms with van der Waals surface area (Å²) in [7, 11) is 0. The molecule has 3 rings (SSSR count). The molecule has 1 N–H and O–H groups in total. The molecule has 0 fully saturated rings. The Morgan fingerprint density at radius 1 is 1.24 bits per heavy atom. The first-order valence-electron chi connectivity index (χ1n) is 7.45. The minimum atomic E-state index is -0.194. The SMILES string of the molecule is CCC(Nc1ccc(F)cc1C)c1ccc2c(c1)CCO2. The molecule has 0 saturated carbocycles. The van der Waals surface area contributed by atoms with Crippen LogP contribution in [0, 0.1) is 12.7 Å². The van der Waals surface area contributed by atoms with Crippen LogP contribution in [0.2, 0.25) is 0 Å². The lowest BCUT2D eigenvalue weighted by atomic mass is 10.00. The number of hydrogen-bond donors (Lipinski definition) is 1. The van der Waals surface area contributed by atoms with Crippen molar-refractivity contribution in [1.82, 2.24) is 0 Å². The maximum atomic E-state index is 13.2. The van der Waals surface area contributed by atoms with E-state index in [4.69, 9.17) is 4.74 Å². The largest absolute Gasteiger partial charge is 0.493 e. The summed E-state index contributed by atoms with van der Waals surface area (Å²) in [5.74, 6) is 0.812. The van der Waals surface area contributed by atoms with Crippen LogP contribution < -0.4 is 10.1 Å². The van der Waals surface area contributed by atoms with Gasteiger partial charge in [-0.2, -0.15) is 0 Å². The van der Waals surface area contributed by atoms with E-state index in [1.807, 2.05) is 13.0 Å². The molecule has 2 aromatic rings. The zero-order chi connectivity index (χ0) is 14.8. The van der Waals surface area contributed by atoms with Gasteiger partial charge in [-0.05, 0) is 60.4 Å². The normalized spacial score (nSPS) is 14.4. The third kappa shape index (κ3) is 2.87. The highest BCUT2D eigenvalue weighted by Gasteiger charge is 2.16. The molecule has 0 aliphatic carbocycles. The molecular formula is C18H20FNO. The summed E-state index contributed by atoms with van der Waals surface area (Å²) in [6.07, 6.45) is 1.95. The fourth-order valence-corrected chi connectivity index (χ4v) is 2.82. The molecule has 1 atom stereocenters. The Labute approximate surface area is 125 Å². The van der Waals surface area contributed by atoms with E-state index in [1.54, 1.807) is 6.07 Å². The third-order valence-corrected chi connectivity index (χ3v) is 4.04. The Bertz CT molecular complexity index is 654. The minimum Gasteiger partial charge on any atom is -0.493 e. The molecule has 2 aromatic carbocycles. The van der Waals surface area contributed by atoms with Crippen LogP contribution in [0.4, 0.5) is 10.1 Å². The number of fused-ring (bicyclic) bond motifs is 1. The standard InChI is InChI=1S/C18H20FNO/c1-3-16(20-17-6-5-15(19)10-12(17)2)13-4-7-18-14(11-13)8-9-21-18/h4-7,10-11,16,20H,3,8-9H2,1-2H3. The lowest BCUT2D eigenvalue weighted by molar-refractivity contribution is 0.357. The zero-order valence-corrected chi connectivity index (χ0v) is 12.4. The monoisotopic (exact) mass is 285 g/mol. The highest BCUT2D eigenvalue weighted by atomic mass is 19.1. The number of rotatable bonds is 4. The van der Waals surface area contributed by atoms with Gasteiger partial charge in [0.15, 0.2) is 0 Å². The first kappa shape index (κ1) is 13.9. The number of anilines is 1. The van der Waals surface area contributed by atoms with Crippen LogP contribution in [0.3, 0.4) is 0 Å². The van der Waals surface area contributed by atoms with Crippen LogP contribution in [0.5, 0.6) is 5.75 Å².